The quantitative estimate of drug-likeness (QED) is 0.463. The molecule has 0 radical (unpaired) electrons. The van der Waals surface area contributed by atoms with E-state index in [2.05, 4.69) is 15.8 Å². The molecule has 0 bridgehead atoms. The Bertz CT molecular complexity index is 886. The Kier molecular flexibility index (Phi) is 5.60. The molecule has 0 spiro atoms. The monoisotopic (exact) mass is 393 g/mol. The van der Waals surface area contributed by atoms with Crippen molar-refractivity contribution in [3.05, 3.63) is 52.0 Å². The minimum Gasteiger partial charge on any atom is -0.454 e. The Morgan fingerprint density at radius 3 is 2.65 bits per heavy atom. The first kappa shape index (κ1) is 18.0. The molecule has 0 fully saturated rings. The van der Waals surface area contributed by atoms with Gasteiger partial charge in [0.25, 0.3) is 0 Å². The predicted molar refractivity (Wildman–Crippen MR) is 98.0 cm³/mol. The second-order valence-corrected chi connectivity index (χ2v) is 6.07. The van der Waals surface area contributed by atoms with Gasteiger partial charge in [0.1, 0.15) is 6.42 Å². The Balaban J connectivity index is 1.48. The van der Waals surface area contributed by atoms with Gasteiger partial charge in [0.2, 0.25) is 18.6 Å². The molecule has 0 atom stereocenters. The summed E-state index contributed by atoms with van der Waals surface area (Å²) in [5, 5.41) is 7.05. The van der Waals surface area contributed by atoms with Gasteiger partial charge in [0, 0.05) is 5.69 Å². The SMILES string of the molecule is O=C(CC(=O)Nc1ccc(Cl)c(Cl)c1)N/N=C/c1ccc2c(c1)OCO2. The smallest absolute Gasteiger partial charge is 0.249 e. The van der Waals surface area contributed by atoms with Gasteiger partial charge in [0.15, 0.2) is 11.5 Å². The van der Waals surface area contributed by atoms with Crippen LogP contribution in [0.1, 0.15) is 12.0 Å². The molecule has 134 valence electrons. The molecule has 2 aromatic rings. The lowest BCUT2D eigenvalue weighted by Crippen LogP contribution is -2.24. The molecule has 0 saturated carbocycles. The molecular formula is C17H13Cl2N3O4. The zero-order valence-corrected chi connectivity index (χ0v) is 14.8. The van der Waals surface area contributed by atoms with E-state index in [9.17, 15) is 9.59 Å². The third-order valence-electron chi connectivity index (χ3n) is 3.32. The Morgan fingerprint density at radius 1 is 1.04 bits per heavy atom. The van der Waals surface area contributed by atoms with Crippen LogP contribution >= 0.6 is 23.2 Å². The second-order valence-electron chi connectivity index (χ2n) is 5.26. The van der Waals surface area contributed by atoms with Crippen molar-refractivity contribution < 1.29 is 19.1 Å². The van der Waals surface area contributed by atoms with Crippen molar-refractivity contribution >= 4 is 46.9 Å². The molecule has 1 aliphatic rings. The standard InChI is InChI=1S/C17H13Cl2N3O4/c18-12-3-2-11(6-13(12)19)21-16(23)7-17(24)22-20-8-10-1-4-14-15(5-10)26-9-25-14/h1-6,8H,7,9H2,(H,21,23)(H,22,24)/b20-8+. The van der Waals surface area contributed by atoms with E-state index >= 15 is 0 Å². The summed E-state index contributed by atoms with van der Waals surface area (Å²) in [4.78, 5) is 23.6. The fraction of sp³-hybridized carbons (Fsp3) is 0.118. The average molecular weight is 394 g/mol. The maximum absolute atomic E-state index is 11.8. The normalized spacial score (nSPS) is 12.2. The molecule has 1 heterocycles. The first-order valence-corrected chi connectivity index (χ1v) is 8.23. The summed E-state index contributed by atoms with van der Waals surface area (Å²) in [5.74, 6) is 0.213. The number of carbonyl (C=O) groups excluding carboxylic acids is 2. The first-order valence-electron chi connectivity index (χ1n) is 7.48. The van der Waals surface area contributed by atoms with Crippen LogP contribution in [0.5, 0.6) is 11.5 Å². The van der Waals surface area contributed by atoms with E-state index < -0.39 is 18.2 Å². The number of amides is 2. The predicted octanol–water partition coefficient (Wildman–Crippen LogP) is 3.20. The lowest BCUT2D eigenvalue weighted by atomic mass is 10.2. The van der Waals surface area contributed by atoms with Gasteiger partial charge in [-0.05, 0) is 42.0 Å². The third kappa shape index (κ3) is 4.65. The van der Waals surface area contributed by atoms with Gasteiger partial charge in [-0.1, -0.05) is 23.2 Å². The van der Waals surface area contributed by atoms with E-state index in [1.165, 1.54) is 12.3 Å². The van der Waals surface area contributed by atoms with Gasteiger partial charge in [-0.15, -0.1) is 0 Å². The zero-order chi connectivity index (χ0) is 18.5. The minimum absolute atomic E-state index is 0.181. The van der Waals surface area contributed by atoms with Crippen molar-refractivity contribution in [3.63, 3.8) is 0 Å². The fourth-order valence-electron chi connectivity index (χ4n) is 2.14. The van der Waals surface area contributed by atoms with E-state index in [0.717, 1.165) is 5.56 Å². The largest absolute Gasteiger partial charge is 0.454 e. The van der Waals surface area contributed by atoms with E-state index in [1.807, 2.05) is 0 Å². The number of nitrogens with one attached hydrogen (secondary N) is 2. The highest BCUT2D eigenvalue weighted by Gasteiger charge is 2.13. The summed E-state index contributed by atoms with van der Waals surface area (Å²) >= 11 is 11.7. The summed E-state index contributed by atoms with van der Waals surface area (Å²) in [6.07, 6.45) is 1.05. The molecule has 0 aliphatic carbocycles. The number of hydrogen-bond acceptors (Lipinski definition) is 5. The second kappa shape index (κ2) is 8.07. The van der Waals surface area contributed by atoms with Crippen LogP contribution in [0.25, 0.3) is 0 Å². The number of benzene rings is 2. The molecule has 9 heteroatoms. The number of ether oxygens (including phenoxy) is 2. The molecule has 3 rings (SSSR count). The van der Waals surface area contributed by atoms with Crippen molar-refractivity contribution in [1.29, 1.82) is 0 Å². The average Bonchev–Trinajstić information content (AvgIpc) is 3.06. The van der Waals surface area contributed by atoms with Crippen LogP contribution < -0.4 is 20.2 Å². The van der Waals surface area contributed by atoms with Crippen LogP contribution in [0.2, 0.25) is 10.0 Å². The molecule has 0 aromatic heterocycles. The van der Waals surface area contributed by atoms with Gasteiger partial charge < -0.3 is 14.8 Å². The van der Waals surface area contributed by atoms with Crippen LogP contribution in [-0.4, -0.2) is 24.8 Å². The summed E-state index contributed by atoms with van der Waals surface area (Å²) in [6.45, 7) is 0.181. The van der Waals surface area contributed by atoms with Crippen LogP contribution in [0.4, 0.5) is 5.69 Å². The maximum atomic E-state index is 11.8. The lowest BCUT2D eigenvalue weighted by molar-refractivity contribution is -0.126. The van der Waals surface area contributed by atoms with Crippen LogP contribution in [0.3, 0.4) is 0 Å². The van der Waals surface area contributed by atoms with E-state index in [1.54, 1.807) is 30.3 Å². The van der Waals surface area contributed by atoms with Crippen LogP contribution in [0.15, 0.2) is 41.5 Å². The lowest BCUT2D eigenvalue weighted by Gasteiger charge is -2.05. The van der Waals surface area contributed by atoms with E-state index in [0.29, 0.717) is 27.2 Å². The van der Waals surface area contributed by atoms with E-state index in [-0.39, 0.29) is 6.79 Å². The summed E-state index contributed by atoms with van der Waals surface area (Å²) < 4.78 is 10.5. The Hall–Kier alpha value is -2.77. The molecule has 0 unspecified atom stereocenters. The molecule has 26 heavy (non-hydrogen) atoms. The summed E-state index contributed by atoms with van der Waals surface area (Å²) in [6, 6.07) is 9.87. The molecule has 2 N–H and O–H groups in total. The summed E-state index contributed by atoms with van der Waals surface area (Å²) in [7, 11) is 0. The van der Waals surface area contributed by atoms with Crippen LogP contribution in [0, 0.1) is 0 Å². The minimum atomic E-state index is -0.556. The highest BCUT2D eigenvalue weighted by atomic mass is 35.5. The maximum Gasteiger partial charge on any atom is 0.249 e. The van der Waals surface area contributed by atoms with Gasteiger partial charge in [0.05, 0.1) is 16.3 Å². The van der Waals surface area contributed by atoms with Crippen molar-refractivity contribution in [2.45, 2.75) is 6.42 Å². The molecule has 2 aromatic carbocycles. The number of rotatable bonds is 5. The van der Waals surface area contributed by atoms with Crippen molar-refractivity contribution in [3.8, 4) is 11.5 Å². The van der Waals surface area contributed by atoms with Crippen molar-refractivity contribution in [2.24, 2.45) is 5.10 Å². The third-order valence-corrected chi connectivity index (χ3v) is 4.06. The van der Waals surface area contributed by atoms with E-state index in [4.69, 9.17) is 32.7 Å². The highest BCUT2D eigenvalue weighted by Crippen LogP contribution is 2.32. The molecular weight excluding hydrogens is 381 g/mol. The molecule has 7 nitrogen and oxygen atoms in total. The number of halogens is 2. The highest BCUT2D eigenvalue weighted by molar-refractivity contribution is 6.42. The Morgan fingerprint density at radius 2 is 1.85 bits per heavy atom. The van der Waals surface area contributed by atoms with Gasteiger partial charge >= 0.3 is 0 Å². The fourth-order valence-corrected chi connectivity index (χ4v) is 2.43. The number of hydrazone groups is 1. The number of anilines is 1. The number of hydrogen-bond donors (Lipinski definition) is 2. The molecule has 0 saturated heterocycles. The molecule has 1 aliphatic heterocycles. The van der Waals surface area contributed by atoms with Crippen molar-refractivity contribution in [1.82, 2.24) is 5.43 Å². The number of nitrogens with zero attached hydrogens (tertiary/aromatic N) is 1. The Labute approximate surface area is 158 Å². The van der Waals surface area contributed by atoms with Gasteiger partial charge in [-0.3, -0.25) is 9.59 Å². The first-order chi connectivity index (χ1) is 12.5. The summed E-state index contributed by atoms with van der Waals surface area (Å²) in [5.41, 5.74) is 3.45. The van der Waals surface area contributed by atoms with Gasteiger partial charge in [-0.25, -0.2) is 5.43 Å². The topological polar surface area (TPSA) is 89.0 Å². The number of carbonyl (C=O) groups is 2. The van der Waals surface area contributed by atoms with Crippen LogP contribution in [-0.2, 0) is 9.59 Å². The van der Waals surface area contributed by atoms with Crippen molar-refractivity contribution in [2.75, 3.05) is 12.1 Å². The molecule has 2 amide bonds. The van der Waals surface area contributed by atoms with Gasteiger partial charge in [-0.2, -0.15) is 5.10 Å². The number of fused-ring (bicyclic) bond motifs is 1. The zero-order valence-electron chi connectivity index (χ0n) is 13.3.